The van der Waals surface area contributed by atoms with Crippen LogP contribution in [0.15, 0.2) is 42.5 Å². The summed E-state index contributed by atoms with van der Waals surface area (Å²) in [6.45, 7) is 0.812. The standard InChI is InChI=1S/C23H26N4/c1-26-19-7-2-3-8-22-21(13-19)20-12-16(14-24)9-10-23(20)27(22)15-17-5-4-6-18(25)11-17/h4-6,9-12,19,26H,2-3,7-8,13,15,25H2,1H3. The fraction of sp³-hybridized carbons (Fsp3) is 0.348. The molecule has 0 saturated carbocycles. The van der Waals surface area contributed by atoms with Crippen LogP contribution in [0.4, 0.5) is 5.69 Å². The summed E-state index contributed by atoms with van der Waals surface area (Å²) in [5.41, 5.74) is 12.8. The van der Waals surface area contributed by atoms with Gasteiger partial charge in [-0.2, -0.15) is 5.26 Å². The second-order valence-electron chi connectivity index (χ2n) is 7.54. The number of fused-ring (bicyclic) bond motifs is 3. The number of rotatable bonds is 3. The maximum Gasteiger partial charge on any atom is 0.0991 e. The Labute approximate surface area is 160 Å². The van der Waals surface area contributed by atoms with Gasteiger partial charge in [-0.05, 0) is 74.2 Å². The van der Waals surface area contributed by atoms with E-state index in [0.717, 1.165) is 30.6 Å². The van der Waals surface area contributed by atoms with Crippen LogP contribution in [0.2, 0.25) is 0 Å². The van der Waals surface area contributed by atoms with Gasteiger partial charge in [-0.3, -0.25) is 0 Å². The summed E-state index contributed by atoms with van der Waals surface area (Å²) >= 11 is 0. The Morgan fingerprint density at radius 3 is 2.89 bits per heavy atom. The summed E-state index contributed by atoms with van der Waals surface area (Å²) in [7, 11) is 2.05. The molecule has 0 spiro atoms. The zero-order valence-corrected chi connectivity index (χ0v) is 15.8. The first-order chi connectivity index (χ1) is 13.2. The Hall–Kier alpha value is -2.77. The number of likely N-dealkylation sites (N-methyl/N-ethyl adjacent to an activating group) is 1. The van der Waals surface area contributed by atoms with Gasteiger partial charge in [0.15, 0.2) is 0 Å². The molecule has 1 aliphatic rings. The molecule has 4 heteroatoms. The smallest absolute Gasteiger partial charge is 0.0991 e. The second kappa shape index (κ2) is 7.46. The van der Waals surface area contributed by atoms with Crippen molar-refractivity contribution in [2.75, 3.05) is 12.8 Å². The van der Waals surface area contributed by atoms with Gasteiger partial charge in [-0.25, -0.2) is 0 Å². The van der Waals surface area contributed by atoms with Gasteiger partial charge in [0.1, 0.15) is 0 Å². The van der Waals surface area contributed by atoms with Crippen molar-refractivity contribution in [2.45, 2.75) is 44.7 Å². The van der Waals surface area contributed by atoms with E-state index >= 15 is 0 Å². The molecule has 0 saturated heterocycles. The molecule has 2 aromatic carbocycles. The van der Waals surface area contributed by atoms with E-state index in [-0.39, 0.29) is 0 Å². The molecular weight excluding hydrogens is 332 g/mol. The number of anilines is 1. The fourth-order valence-electron chi connectivity index (χ4n) is 4.39. The van der Waals surface area contributed by atoms with Crippen molar-refractivity contribution in [3.63, 3.8) is 0 Å². The maximum absolute atomic E-state index is 9.39. The number of nitrogens with zero attached hydrogens (tertiary/aromatic N) is 2. The molecule has 4 rings (SSSR count). The van der Waals surface area contributed by atoms with Crippen LogP contribution in [0.1, 0.15) is 41.6 Å². The number of hydrogen-bond donors (Lipinski definition) is 2. The van der Waals surface area contributed by atoms with E-state index in [9.17, 15) is 5.26 Å². The highest BCUT2D eigenvalue weighted by Gasteiger charge is 2.22. The van der Waals surface area contributed by atoms with Crippen molar-refractivity contribution in [1.29, 1.82) is 5.26 Å². The molecular formula is C23H26N4. The highest BCUT2D eigenvalue weighted by Crippen LogP contribution is 2.32. The molecule has 3 N–H and O–H groups in total. The van der Waals surface area contributed by atoms with Gasteiger partial charge in [0, 0.05) is 34.9 Å². The Bertz CT molecular complexity index is 1010. The number of nitrogen functional groups attached to an aromatic ring is 1. The fourth-order valence-corrected chi connectivity index (χ4v) is 4.39. The summed E-state index contributed by atoms with van der Waals surface area (Å²) < 4.78 is 2.44. The number of benzene rings is 2. The lowest BCUT2D eigenvalue weighted by Crippen LogP contribution is -2.29. The number of nitrogens with one attached hydrogen (secondary N) is 1. The van der Waals surface area contributed by atoms with E-state index in [0.29, 0.717) is 6.04 Å². The molecule has 0 fully saturated rings. The molecule has 0 bridgehead atoms. The zero-order chi connectivity index (χ0) is 18.8. The summed E-state index contributed by atoms with van der Waals surface area (Å²) in [4.78, 5) is 0. The molecule has 1 unspecified atom stereocenters. The SMILES string of the molecule is CNC1CCCCc2c(c3cc(C#N)ccc3n2Cc2cccc(N)c2)C1. The van der Waals surface area contributed by atoms with Crippen LogP contribution >= 0.6 is 0 Å². The highest BCUT2D eigenvalue weighted by molar-refractivity contribution is 5.87. The second-order valence-corrected chi connectivity index (χ2v) is 7.54. The Morgan fingerprint density at radius 1 is 1.22 bits per heavy atom. The summed E-state index contributed by atoms with van der Waals surface area (Å²) in [5.74, 6) is 0. The van der Waals surface area contributed by atoms with E-state index in [1.54, 1.807) is 0 Å². The molecule has 0 aliphatic heterocycles. The third kappa shape index (κ3) is 3.43. The lowest BCUT2D eigenvalue weighted by atomic mass is 9.93. The minimum atomic E-state index is 0.487. The van der Waals surface area contributed by atoms with Gasteiger partial charge >= 0.3 is 0 Å². The zero-order valence-electron chi connectivity index (χ0n) is 15.8. The van der Waals surface area contributed by atoms with E-state index in [4.69, 9.17) is 5.73 Å². The van der Waals surface area contributed by atoms with Gasteiger partial charge in [0.2, 0.25) is 0 Å². The molecule has 138 valence electrons. The van der Waals surface area contributed by atoms with Crippen LogP contribution < -0.4 is 11.1 Å². The molecule has 4 nitrogen and oxygen atoms in total. The number of hydrogen-bond acceptors (Lipinski definition) is 3. The Morgan fingerprint density at radius 2 is 2.11 bits per heavy atom. The van der Waals surface area contributed by atoms with Gasteiger partial charge in [0.05, 0.1) is 11.6 Å². The predicted molar refractivity (Wildman–Crippen MR) is 111 cm³/mol. The molecule has 3 aromatic rings. The monoisotopic (exact) mass is 358 g/mol. The maximum atomic E-state index is 9.39. The highest BCUT2D eigenvalue weighted by atomic mass is 15.0. The third-order valence-electron chi connectivity index (χ3n) is 5.78. The Balaban J connectivity index is 1.89. The minimum absolute atomic E-state index is 0.487. The number of nitrogens with two attached hydrogens (primary N) is 1. The van der Waals surface area contributed by atoms with Crippen molar-refractivity contribution in [3.8, 4) is 6.07 Å². The molecule has 27 heavy (non-hydrogen) atoms. The summed E-state index contributed by atoms with van der Waals surface area (Å²) in [6.07, 6.45) is 5.75. The lowest BCUT2D eigenvalue weighted by Gasteiger charge is -2.21. The van der Waals surface area contributed by atoms with Crippen molar-refractivity contribution in [1.82, 2.24) is 9.88 Å². The van der Waals surface area contributed by atoms with Crippen LogP contribution in [0.25, 0.3) is 10.9 Å². The van der Waals surface area contributed by atoms with Gasteiger partial charge in [-0.1, -0.05) is 18.6 Å². The van der Waals surface area contributed by atoms with E-state index < -0.39 is 0 Å². The average Bonchev–Trinajstić information content (AvgIpc) is 2.92. The normalized spacial score (nSPS) is 17.1. The van der Waals surface area contributed by atoms with Crippen LogP contribution in [-0.2, 0) is 19.4 Å². The van der Waals surface area contributed by atoms with Crippen molar-refractivity contribution in [2.24, 2.45) is 0 Å². The molecule has 0 radical (unpaired) electrons. The third-order valence-corrected chi connectivity index (χ3v) is 5.78. The first-order valence-corrected chi connectivity index (χ1v) is 9.75. The first kappa shape index (κ1) is 17.6. The Kier molecular flexibility index (Phi) is 4.87. The average molecular weight is 358 g/mol. The molecule has 1 aliphatic carbocycles. The van der Waals surface area contributed by atoms with Crippen LogP contribution in [0.3, 0.4) is 0 Å². The van der Waals surface area contributed by atoms with Gasteiger partial charge < -0.3 is 15.6 Å². The van der Waals surface area contributed by atoms with Crippen molar-refractivity contribution in [3.05, 3.63) is 64.8 Å². The molecule has 1 atom stereocenters. The minimum Gasteiger partial charge on any atom is -0.399 e. The summed E-state index contributed by atoms with van der Waals surface area (Å²) in [6, 6.07) is 17.0. The topological polar surface area (TPSA) is 66.8 Å². The largest absolute Gasteiger partial charge is 0.399 e. The van der Waals surface area contributed by atoms with Gasteiger partial charge in [-0.15, -0.1) is 0 Å². The number of aromatic nitrogens is 1. The van der Waals surface area contributed by atoms with E-state index in [1.807, 2.05) is 18.2 Å². The van der Waals surface area contributed by atoms with Crippen LogP contribution in [0.5, 0.6) is 0 Å². The molecule has 1 heterocycles. The first-order valence-electron chi connectivity index (χ1n) is 9.75. The van der Waals surface area contributed by atoms with Crippen molar-refractivity contribution < 1.29 is 0 Å². The van der Waals surface area contributed by atoms with Crippen LogP contribution in [0, 0.1) is 11.3 Å². The quantitative estimate of drug-likeness (QED) is 0.696. The molecule has 1 aromatic heterocycles. The van der Waals surface area contributed by atoms with Crippen molar-refractivity contribution >= 4 is 16.6 Å². The van der Waals surface area contributed by atoms with Crippen LogP contribution in [-0.4, -0.2) is 17.7 Å². The van der Waals surface area contributed by atoms with E-state index in [2.05, 4.69) is 47.3 Å². The van der Waals surface area contributed by atoms with E-state index in [1.165, 1.54) is 47.0 Å². The molecule has 0 amide bonds. The predicted octanol–water partition coefficient (Wildman–Crippen LogP) is 4.00. The lowest BCUT2D eigenvalue weighted by molar-refractivity contribution is 0.475. The summed E-state index contributed by atoms with van der Waals surface area (Å²) in [5, 5.41) is 14.1. The van der Waals surface area contributed by atoms with Gasteiger partial charge in [0.25, 0.3) is 0 Å². The number of nitriles is 1.